The van der Waals surface area contributed by atoms with E-state index in [-0.39, 0.29) is 18.1 Å². The first-order valence-corrected chi connectivity index (χ1v) is 8.61. The molecule has 2 rings (SSSR count). The Morgan fingerprint density at radius 2 is 1.92 bits per heavy atom. The molecule has 1 aromatic carbocycles. The normalized spacial score (nSPS) is 18.0. The molecule has 0 spiro atoms. The summed E-state index contributed by atoms with van der Waals surface area (Å²) in [5.41, 5.74) is 2.05. The van der Waals surface area contributed by atoms with Crippen molar-refractivity contribution in [1.82, 2.24) is 10.2 Å². The van der Waals surface area contributed by atoms with Crippen molar-refractivity contribution in [3.05, 3.63) is 34.9 Å². The number of carbonyl (C=O) groups is 2. The number of nitrogens with zero attached hydrogens (tertiary/aromatic N) is 1. The summed E-state index contributed by atoms with van der Waals surface area (Å²) >= 11 is 0. The monoisotopic (exact) mass is 348 g/mol. The topological polar surface area (TPSA) is 67.9 Å². The van der Waals surface area contributed by atoms with Crippen LogP contribution in [0.2, 0.25) is 0 Å². The standard InChI is InChI=1S/C19H28N2O4/c1-13-7-6-8-14(2)16(13)17(22)20-11-15-12-21(9-10-24-15)18(23)25-19(3,4)5/h6-8,15H,9-12H2,1-5H3,(H,20,22). The molecule has 0 aliphatic carbocycles. The maximum atomic E-state index is 12.5. The number of aryl methyl sites for hydroxylation is 2. The van der Waals surface area contributed by atoms with Gasteiger partial charge in [-0.25, -0.2) is 4.79 Å². The van der Waals surface area contributed by atoms with Crippen LogP contribution in [0.4, 0.5) is 4.79 Å². The van der Waals surface area contributed by atoms with E-state index >= 15 is 0 Å². The quantitative estimate of drug-likeness (QED) is 0.912. The van der Waals surface area contributed by atoms with Crippen LogP contribution in [0, 0.1) is 13.8 Å². The Morgan fingerprint density at radius 3 is 2.52 bits per heavy atom. The van der Waals surface area contributed by atoms with E-state index in [2.05, 4.69) is 5.32 Å². The zero-order valence-corrected chi connectivity index (χ0v) is 15.7. The minimum atomic E-state index is -0.526. The van der Waals surface area contributed by atoms with Crippen molar-refractivity contribution in [2.45, 2.75) is 46.3 Å². The smallest absolute Gasteiger partial charge is 0.410 e. The van der Waals surface area contributed by atoms with Crippen LogP contribution in [0.15, 0.2) is 18.2 Å². The molecule has 0 radical (unpaired) electrons. The van der Waals surface area contributed by atoms with E-state index in [9.17, 15) is 9.59 Å². The van der Waals surface area contributed by atoms with Crippen LogP contribution < -0.4 is 5.32 Å². The van der Waals surface area contributed by atoms with Gasteiger partial charge in [0.15, 0.2) is 0 Å². The Bertz CT molecular complexity index is 617. The molecule has 1 aromatic rings. The number of carbonyl (C=O) groups excluding carboxylic acids is 2. The van der Waals surface area contributed by atoms with Crippen molar-refractivity contribution in [2.75, 3.05) is 26.2 Å². The van der Waals surface area contributed by atoms with Crippen molar-refractivity contribution in [2.24, 2.45) is 0 Å². The predicted octanol–water partition coefficient (Wildman–Crippen LogP) is 2.67. The molecule has 6 heteroatoms. The summed E-state index contributed by atoms with van der Waals surface area (Å²) in [4.78, 5) is 26.3. The van der Waals surface area contributed by atoms with E-state index in [1.54, 1.807) is 4.90 Å². The van der Waals surface area contributed by atoms with Gasteiger partial charge in [-0.15, -0.1) is 0 Å². The zero-order valence-electron chi connectivity index (χ0n) is 15.7. The van der Waals surface area contributed by atoms with Crippen LogP contribution in [0.3, 0.4) is 0 Å². The summed E-state index contributed by atoms with van der Waals surface area (Å²) in [6.07, 6.45) is -0.587. The summed E-state index contributed by atoms with van der Waals surface area (Å²) in [5, 5.41) is 2.92. The van der Waals surface area contributed by atoms with Crippen LogP contribution in [0.1, 0.15) is 42.3 Å². The van der Waals surface area contributed by atoms with Gasteiger partial charge in [0.25, 0.3) is 5.91 Å². The highest BCUT2D eigenvalue weighted by Crippen LogP contribution is 2.15. The molecular formula is C19H28N2O4. The third kappa shape index (κ3) is 5.46. The predicted molar refractivity (Wildman–Crippen MR) is 95.8 cm³/mol. The SMILES string of the molecule is Cc1cccc(C)c1C(=O)NCC1CN(C(=O)OC(C)(C)C)CCO1. The van der Waals surface area contributed by atoms with Crippen molar-refractivity contribution in [3.63, 3.8) is 0 Å². The number of hydrogen-bond acceptors (Lipinski definition) is 4. The lowest BCUT2D eigenvalue weighted by atomic mass is 10.0. The third-order valence-electron chi connectivity index (χ3n) is 3.99. The van der Waals surface area contributed by atoms with E-state index in [4.69, 9.17) is 9.47 Å². The molecule has 1 heterocycles. The fourth-order valence-electron chi connectivity index (χ4n) is 2.80. The average molecular weight is 348 g/mol. The molecule has 1 fully saturated rings. The van der Waals surface area contributed by atoms with Crippen LogP contribution >= 0.6 is 0 Å². The molecule has 1 aliphatic rings. The number of amides is 2. The first-order valence-electron chi connectivity index (χ1n) is 8.61. The van der Waals surface area contributed by atoms with Crippen LogP contribution in [-0.4, -0.2) is 54.8 Å². The van der Waals surface area contributed by atoms with Crippen molar-refractivity contribution in [1.29, 1.82) is 0 Å². The number of hydrogen-bond donors (Lipinski definition) is 1. The maximum Gasteiger partial charge on any atom is 0.410 e. The second-order valence-corrected chi connectivity index (χ2v) is 7.40. The van der Waals surface area contributed by atoms with E-state index in [0.717, 1.165) is 11.1 Å². The molecule has 1 atom stereocenters. The van der Waals surface area contributed by atoms with Gasteiger partial charge in [0, 0.05) is 18.7 Å². The highest BCUT2D eigenvalue weighted by molar-refractivity contribution is 5.97. The van der Waals surface area contributed by atoms with Crippen LogP contribution in [0.25, 0.3) is 0 Å². The average Bonchev–Trinajstić information content (AvgIpc) is 2.51. The number of benzene rings is 1. The summed E-state index contributed by atoms with van der Waals surface area (Å²) in [7, 11) is 0. The van der Waals surface area contributed by atoms with E-state index < -0.39 is 5.60 Å². The summed E-state index contributed by atoms with van der Waals surface area (Å²) in [5.74, 6) is -0.117. The molecule has 25 heavy (non-hydrogen) atoms. The van der Waals surface area contributed by atoms with Gasteiger partial charge in [0.1, 0.15) is 5.60 Å². The molecule has 0 saturated carbocycles. The van der Waals surface area contributed by atoms with Crippen molar-refractivity contribution < 1.29 is 19.1 Å². The molecule has 1 unspecified atom stereocenters. The highest BCUT2D eigenvalue weighted by atomic mass is 16.6. The molecular weight excluding hydrogens is 320 g/mol. The molecule has 2 amide bonds. The lowest BCUT2D eigenvalue weighted by Crippen LogP contribution is -2.50. The molecule has 1 saturated heterocycles. The second kappa shape index (κ2) is 7.87. The number of ether oxygens (including phenoxy) is 2. The van der Waals surface area contributed by atoms with E-state index in [1.165, 1.54) is 0 Å². The Hall–Kier alpha value is -2.08. The highest BCUT2D eigenvalue weighted by Gasteiger charge is 2.28. The first kappa shape index (κ1) is 19.2. The van der Waals surface area contributed by atoms with Gasteiger partial charge in [-0.1, -0.05) is 18.2 Å². The number of nitrogens with one attached hydrogen (secondary N) is 1. The van der Waals surface area contributed by atoms with Gasteiger partial charge in [-0.05, 0) is 45.7 Å². The minimum absolute atomic E-state index is 0.117. The number of morpholine rings is 1. The molecule has 0 bridgehead atoms. The van der Waals surface area contributed by atoms with Crippen LogP contribution in [0.5, 0.6) is 0 Å². The van der Waals surface area contributed by atoms with E-state index in [1.807, 2.05) is 52.8 Å². The van der Waals surface area contributed by atoms with Gasteiger partial charge in [0.05, 0.1) is 19.3 Å². The van der Waals surface area contributed by atoms with Crippen LogP contribution in [-0.2, 0) is 9.47 Å². The Kier molecular flexibility index (Phi) is 6.06. The van der Waals surface area contributed by atoms with Gasteiger partial charge >= 0.3 is 6.09 Å². The van der Waals surface area contributed by atoms with Crippen molar-refractivity contribution in [3.8, 4) is 0 Å². The Morgan fingerprint density at radius 1 is 1.28 bits per heavy atom. The molecule has 0 aromatic heterocycles. The summed E-state index contributed by atoms with van der Waals surface area (Å²) in [6.45, 7) is 11.1. The van der Waals surface area contributed by atoms with Crippen molar-refractivity contribution >= 4 is 12.0 Å². The molecule has 1 N–H and O–H groups in total. The Labute approximate surface area is 149 Å². The lowest BCUT2D eigenvalue weighted by Gasteiger charge is -2.34. The van der Waals surface area contributed by atoms with Gasteiger partial charge in [0.2, 0.25) is 0 Å². The maximum absolute atomic E-state index is 12.5. The number of rotatable bonds is 3. The molecule has 6 nitrogen and oxygen atoms in total. The largest absolute Gasteiger partial charge is 0.444 e. The fourth-order valence-corrected chi connectivity index (χ4v) is 2.80. The van der Waals surface area contributed by atoms with E-state index in [0.29, 0.717) is 31.8 Å². The minimum Gasteiger partial charge on any atom is -0.444 e. The summed E-state index contributed by atoms with van der Waals surface area (Å²) in [6, 6.07) is 5.77. The fraction of sp³-hybridized carbons (Fsp3) is 0.579. The van der Waals surface area contributed by atoms with Gasteiger partial charge in [-0.2, -0.15) is 0 Å². The Balaban J connectivity index is 1.90. The summed E-state index contributed by atoms with van der Waals surface area (Å²) < 4.78 is 11.1. The molecule has 138 valence electrons. The van der Waals surface area contributed by atoms with Gasteiger partial charge in [-0.3, -0.25) is 4.79 Å². The third-order valence-corrected chi connectivity index (χ3v) is 3.99. The zero-order chi connectivity index (χ0) is 18.6. The lowest BCUT2D eigenvalue weighted by molar-refractivity contribution is -0.0404. The second-order valence-electron chi connectivity index (χ2n) is 7.40. The molecule has 1 aliphatic heterocycles. The first-order chi connectivity index (χ1) is 11.7. The van der Waals surface area contributed by atoms with Gasteiger partial charge < -0.3 is 19.7 Å².